The molecule has 0 bridgehead atoms. The van der Waals surface area contributed by atoms with E-state index in [1.54, 1.807) is 0 Å². The smallest absolute Gasteiger partial charge is 0.339 e. The molecule has 1 unspecified atom stereocenters. The molecule has 0 aliphatic heterocycles. The molecule has 1 rings (SSSR count). The van der Waals surface area contributed by atoms with Crippen LogP contribution in [0.1, 0.15) is 48.0 Å². The topological polar surface area (TPSA) is 66.4 Å². The van der Waals surface area contributed by atoms with Crippen molar-refractivity contribution < 1.29 is 14.7 Å². The maximum Gasteiger partial charge on any atom is 0.339 e. The fraction of sp³-hybridized carbons (Fsp3) is 0.538. The normalized spacial score (nSPS) is 12.2. The van der Waals surface area contributed by atoms with Gasteiger partial charge < -0.3 is 10.4 Å². The molecule has 0 fully saturated rings. The zero-order valence-corrected chi connectivity index (χ0v) is 12.0. The Balaban J connectivity index is 3.19. The lowest BCUT2D eigenvalue weighted by Crippen LogP contribution is -2.11. The summed E-state index contributed by atoms with van der Waals surface area (Å²) in [5.41, 5.74) is 1.11. The number of amides is 1. The highest BCUT2D eigenvalue weighted by Crippen LogP contribution is 2.34. The summed E-state index contributed by atoms with van der Waals surface area (Å²) in [5.74, 6) is -0.781. The van der Waals surface area contributed by atoms with Crippen molar-refractivity contribution in [2.45, 2.75) is 40.5 Å². The lowest BCUT2D eigenvalue weighted by Gasteiger charge is -2.09. The lowest BCUT2D eigenvalue weighted by molar-refractivity contribution is -0.114. The van der Waals surface area contributed by atoms with Crippen LogP contribution in [0.2, 0.25) is 0 Å². The number of nitrogens with one attached hydrogen (secondary N) is 1. The van der Waals surface area contributed by atoms with Crippen molar-refractivity contribution in [2.75, 3.05) is 5.32 Å². The van der Waals surface area contributed by atoms with Crippen LogP contribution in [0, 0.1) is 12.8 Å². The molecule has 4 nitrogen and oxygen atoms in total. The van der Waals surface area contributed by atoms with Crippen molar-refractivity contribution in [3.63, 3.8) is 0 Å². The quantitative estimate of drug-likeness (QED) is 0.861. The van der Waals surface area contributed by atoms with Crippen molar-refractivity contribution in [1.82, 2.24) is 0 Å². The van der Waals surface area contributed by atoms with Gasteiger partial charge in [-0.05, 0) is 24.8 Å². The Kier molecular flexibility index (Phi) is 4.90. The van der Waals surface area contributed by atoms with E-state index in [2.05, 4.69) is 19.2 Å². The SMILES string of the molecule is CCC(C)Cc1c(C)sc(NC(C)=O)c1C(=O)O. The lowest BCUT2D eigenvalue weighted by atomic mass is 9.96. The van der Waals surface area contributed by atoms with Gasteiger partial charge in [-0.25, -0.2) is 4.79 Å². The highest BCUT2D eigenvalue weighted by Gasteiger charge is 2.22. The monoisotopic (exact) mass is 269 g/mol. The summed E-state index contributed by atoms with van der Waals surface area (Å²) in [6, 6.07) is 0. The van der Waals surface area contributed by atoms with Gasteiger partial charge in [0.15, 0.2) is 0 Å². The van der Waals surface area contributed by atoms with E-state index in [0.29, 0.717) is 10.9 Å². The van der Waals surface area contributed by atoms with Crippen LogP contribution in [0.5, 0.6) is 0 Å². The third kappa shape index (κ3) is 3.32. The molecule has 0 saturated carbocycles. The molecule has 0 aliphatic carbocycles. The van der Waals surface area contributed by atoms with Crippen LogP contribution in [0.3, 0.4) is 0 Å². The van der Waals surface area contributed by atoms with Crippen molar-refractivity contribution >= 4 is 28.2 Å². The van der Waals surface area contributed by atoms with E-state index in [1.165, 1.54) is 18.3 Å². The minimum atomic E-state index is -0.971. The largest absolute Gasteiger partial charge is 0.478 e. The number of thiophene rings is 1. The second-order valence-corrected chi connectivity index (χ2v) is 5.77. The maximum absolute atomic E-state index is 11.4. The summed E-state index contributed by atoms with van der Waals surface area (Å²) in [6.45, 7) is 7.47. The Labute approximate surface area is 111 Å². The molecular weight excluding hydrogens is 250 g/mol. The van der Waals surface area contributed by atoms with Gasteiger partial charge in [-0.2, -0.15) is 0 Å². The van der Waals surface area contributed by atoms with Gasteiger partial charge >= 0.3 is 5.97 Å². The van der Waals surface area contributed by atoms with E-state index < -0.39 is 5.97 Å². The number of carboxylic acid groups (broad SMARTS) is 1. The van der Waals surface area contributed by atoms with Gasteiger partial charge in [-0.15, -0.1) is 11.3 Å². The van der Waals surface area contributed by atoms with Crippen LogP contribution in [-0.2, 0) is 11.2 Å². The molecule has 2 N–H and O–H groups in total. The molecule has 0 spiro atoms. The van der Waals surface area contributed by atoms with Gasteiger partial charge in [0.1, 0.15) is 5.00 Å². The van der Waals surface area contributed by atoms with Crippen LogP contribution in [0.15, 0.2) is 0 Å². The first-order chi connectivity index (χ1) is 8.36. The van der Waals surface area contributed by atoms with Crippen molar-refractivity contribution in [3.8, 4) is 0 Å². The Morgan fingerprint density at radius 3 is 2.50 bits per heavy atom. The number of rotatable bonds is 5. The molecule has 1 atom stereocenters. The van der Waals surface area contributed by atoms with Gasteiger partial charge in [0.2, 0.25) is 5.91 Å². The number of carbonyl (C=O) groups excluding carboxylic acids is 1. The number of carbonyl (C=O) groups is 2. The standard InChI is InChI=1S/C13H19NO3S/c1-5-7(2)6-10-8(3)18-12(14-9(4)15)11(10)13(16)17/h7H,5-6H2,1-4H3,(H,14,15)(H,16,17). The minimum absolute atomic E-state index is 0.242. The first kappa shape index (κ1) is 14.7. The number of carboxylic acids is 1. The average molecular weight is 269 g/mol. The summed E-state index contributed by atoms with van der Waals surface area (Å²) in [6.07, 6.45) is 1.74. The average Bonchev–Trinajstić information content (AvgIpc) is 2.54. The summed E-state index contributed by atoms with van der Waals surface area (Å²) in [4.78, 5) is 23.4. The Morgan fingerprint density at radius 1 is 1.44 bits per heavy atom. The van der Waals surface area contributed by atoms with Crippen molar-refractivity contribution in [1.29, 1.82) is 0 Å². The third-order valence-electron chi connectivity index (χ3n) is 2.96. The maximum atomic E-state index is 11.4. The first-order valence-corrected chi connectivity index (χ1v) is 6.81. The molecular formula is C13H19NO3S. The molecule has 100 valence electrons. The Hall–Kier alpha value is -1.36. The third-order valence-corrected chi connectivity index (χ3v) is 4.02. The number of hydrogen-bond acceptors (Lipinski definition) is 3. The van der Waals surface area contributed by atoms with E-state index in [0.717, 1.165) is 23.3 Å². The summed E-state index contributed by atoms with van der Waals surface area (Å²) in [5, 5.41) is 12.4. The van der Waals surface area contributed by atoms with Gasteiger partial charge in [-0.1, -0.05) is 20.3 Å². The molecule has 0 aromatic carbocycles. The molecule has 1 amide bonds. The predicted octanol–water partition coefficient (Wildman–Crippen LogP) is 3.30. The molecule has 5 heteroatoms. The number of aromatic carboxylic acids is 1. The van der Waals surface area contributed by atoms with Crippen molar-refractivity contribution in [2.24, 2.45) is 5.92 Å². The molecule has 0 aliphatic rings. The van der Waals surface area contributed by atoms with E-state index >= 15 is 0 Å². The highest BCUT2D eigenvalue weighted by molar-refractivity contribution is 7.16. The zero-order chi connectivity index (χ0) is 13.9. The van der Waals surface area contributed by atoms with E-state index in [9.17, 15) is 14.7 Å². The second kappa shape index (κ2) is 6.00. The first-order valence-electron chi connectivity index (χ1n) is 5.99. The van der Waals surface area contributed by atoms with Crippen LogP contribution in [-0.4, -0.2) is 17.0 Å². The van der Waals surface area contributed by atoms with Crippen LogP contribution in [0.4, 0.5) is 5.00 Å². The van der Waals surface area contributed by atoms with Gasteiger partial charge in [0.25, 0.3) is 0 Å². The minimum Gasteiger partial charge on any atom is -0.478 e. The Bertz CT molecular complexity index is 465. The van der Waals surface area contributed by atoms with Gasteiger partial charge in [0.05, 0.1) is 5.56 Å². The highest BCUT2D eigenvalue weighted by atomic mass is 32.1. The predicted molar refractivity (Wildman–Crippen MR) is 73.5 cm³/mol. The fourth-order valence-corrected chi connectivity index (χ4v) is 2.91. The summed E-state index contributed by atoms with van der Waals surface area (Å²) in [7, 11) is 0. The molecule has 1 heterocycles. The zero-order valence-electron chi connectivity index (χ0n) is 11.2. The number of aryl methyl sites for hydroxylation is 1. The van der Waals surface area contributed by atoms with E-state index in [1.807, 2.05) is 6.92 Å². The molecule has 1 aromatic rings. The molecule has 1 aromatic heterocycles. The summed E-state index contributed by atoms with van der Waals surface area (Å²) >= 11 is 1.34. The molecule has 0 radical (unpaired) electrons. The van der Waals surface area contributed by atoms with Gasteiger partial charge in [-0.3, -0.25) is 4.79 Å². The number of anilines is 1. The van der Waals surface area contributed by atoms with E-state index in [4.69, 9.17) is 0 Å². The number of hydrogen-bond donors (Lipinski definition) is 2. The van der Waals surface area contributed by atoms with Crippen LogP contribution >= 0.6 is 11.3 Å². The van der Waals surface area contributed by atoms with Crippen LogP contribution < -0.4 is 5.32 Å². The van der Waals surface area contributed by atoms with Crippen LogP contribution in [0.25, 0.3) is 0 Å². The van der Waals surface area contributed by atoms with Crippen molar-refractivity contribution in [3.05, 3.63) is 16.0 Å². The molecule has 0 saturated heterocycles. The second-order valence-electron chi connectivity index (χ2n) is 4.54. The van der Waals surface area contributed by atoms with Gasteiger partial charge in [0, 0.05) is 11.8 Å². The fourth-order valence-electron chi connectivity index (χ4n) is 1.79. The Morgan fingerprint density at radius 2 is 2.06 bits per heavy atom. The molecule has 18 heavy (non-hydrogen) atoms. The summed E-state index contributed by atoms with van der Waals surface area (Å²) < 4.78 is 0. The van der Waals surface area contributed by atoms with E-state index in [-0.39, 0.29) is 11.5 Å².